The fourth-order valence-electron chi connectivity index (χ4n) is 3.71. The number of ether oxygens (including phenoxy) is 1. The summed E-state index contributed by atoms with van der Waals surface area (Å²) in [4.78, 5) is 36.6. The highest BCUT2D eigenvalue weighted by Gasteiger charge is 2.17. The van der Waals surface area contributed by atoms with E-state index in [-0.39, 0.29) is 22.7 Å². The van der Waals surface area contributed by atoms with Crippen LogP contribution in [0, 0.1) is 0 Å². The summed E-state index contributed by atoms with van der Waals surface area (Å²) in [7, 11) is 0. The summed E-state index contributed by atoms with van der Waals surface area (Å²) in [5.74, 6) is -1.40. The maximum absolute atomic E-state index is 12.3. The first-order valence-corrected chi connectivity index (χ1v) is 10.7. The number of carbonyl (C=O) groups is 2. The van der Waals surface area contributed by atoms with Crippen LogP contribution in [0.2, 0.25) is 0 Å². The first-order chi connectivity index (χ1) is 16.1. The molecule has 0 saturated heterocycles. The van der Waals surface area contributed by atoms with E-state index in [2.05, 4.69) is 29.6 Å². The van der Waals surface area contributed by atoms with Crippen LogP contribution in [0.5, 0.6) is 0 Å². The van der Waals surface area contributed by atoms with E-state index in [1.807, 2.05) is 36.4 Å². The Bertz CT molecular complexity index is 1260. The zero-order chi connectivity index (χ0) is 23.0. The van der Waals surface area contributed by atoms with Crippen molar-refractivity contribution in [3.63, 3.8) is 0 Å². The molecule has 0 aliphatic rings. The van der Waals surface area contributed by atoms with Gasteiger partial charge in [-0.05, 0) is 29.7 Å². The summed E-state index contributed by atoms with van der Waals surface area (Å²) < 4.78 is 10.5. The summed E-state index contributed by atoms with van der Waals surface area (Å²) >= 11 is 0. The molecule has 4 rings (SSSR count). The van der Waals surface area contributed by atoms with Gasteiger partial charge >= 0.3 is 5.97 Å². The molecule has 0 spiro atoms. The van der Waals surface area contributed by atoms with Gasteiger partial charge in [0, 0.05) is 18.5 Å². The molecule has 6 nitrogen and oxygen atoms in total. The van der Waals surface area contributed by atoms with Crippen molar-refractivity contribution >= 4 is 22.8 Å². The maximum atomic E-state index is 12.3. The van der Waals surface area contributed by atoms with Crippen LogP contribution in [0.1, 0.15) is 34.0 Å². The number of fused-ring (bicyclic) bond motifs is 1. The van der Waals surface area contributed by atoms with E-state index in [4.69, 9.17) is 9.15 Å². The molecule has 1 N–H and O–H groups in total. The average Bonchev–Trinajstić information content (AvgIpc) is 2.86. The molecule has 0 saturated carbocycles. The Hall–Kier alpha value is -4.19. The molecule has 33 heavy (non-hydrogen) atoms. The molecule has 0 bridgehead atoms. The quantitative estimate of drug-likeness (QED) is 0.412. The van der Waals surface area contributed by atoms with Crippen molar-refractivity contribution in [2.24, 2.45) is 0 Å². The topological polar surface area (TPSA) is 85.6 Å². The van der Waals surface area contributed by atoms with Crippen molar-refractivity contribution in [2.45, 2.75) is 12.3 Å². The van der Waals surface area contributed by atoms with Crippen LogP contribution in [0.25, 0.3) is 11.0 Å². The molecule has 4 aromatic rings. The molecule has 0 fully saturated rings. The van der Waals surface area contributed by atoms with Crippen LogP contribution < -0.4 is 10.7 Å². The monoisotopic (exact) mass is 441 g/mol. The minimum atomic E-state index is -0.862. The molecular weight excluding hydrogens is 418 g/mol. The van der Waals surface area contributed by atoms with Gasteiger partial charge in [-0.3, -0.25) is 9.59 Å². The highest BCUT2D eigenvalue weighted by molar-refractivity contribution is 5.90. The van der Waals surface area contributed by atoms with Crippen LogP contribution in [0.4, 0.5) is 0 Å². The normalized spacial score (nSPS) is 10.8. The van der Waals surface area contributed by atoms with E-state index in [1.54, 1.807) is 24.3 Å². The Kier molecular flexibility index (Phi) is 6.95. The number of rotatable bonds is 8. The lowest BCUT2D eigenvalue weighted by molar-refractivity contribution is -0.124. The Balaban J connectivity index is 1.32. The minimum absolute atomic E-state index is 0.127. The van der Waals surface area contributed by atoms with Crippen molar-refractivity contribution < 1.29 is 18.7 Å². The number of carbonyl (C=O) groups excluding carboxylic acids is 2. The molecule has 0 unspecified atom stereocenters. The largest absolute Gasteiger partial charge is 0.450 e. The maximum Gasteiger partial charge on any atom is 0.374 e. The standard InChI is InChI=1S/C27H23NO5/c29-23-17-25(33-24-14-8-7-13-22(23)24)27(31)32-18-26(30)28-16-15-21(19-9-3-1-4-10-19)20-11-5-2-6-12-20/h1-14,17,21H,15-16,18H2,(H,28,30). The zero-order valence-corrected chi connectivity index (χ0v) is 17.9. The van der Waals surface area contributed by atoms with Gasteiger partial charge in [0.1, 0.15) is 5.58 Å². The van der Waals surface area contributed by atoms with Crippen LogP contribution in [-0.4, -0.2) is 25.0 Å². The van der Waals surface area contributed by atoms with Crippen molar-refractivity contribution in [1.82, 2.24) is 5.32 Å². The fraction of sp³-hybridized carbons (Fsp3) is 0.148. The highest BCUT2D eigenvalue weighted by Crippen LogP contribution is 2.27. The summed E-state index contributed by atoms with van der Waals surface area (Å²) in [6.07, 6.45) is 0.688. The molecule has 1 aromatic heterocycles. The Labute approximate surface area is 190 Å². The lowest BCUT2D eigenvalue weighted by atomic mass is 9.88. The fourth-order valence-corrected chi connectivity index (χ4v) is 3.71. The van der Waals surface area contributed by atoms with E-state index in [0.29, 0.717) is 18.4 Å². The highest BCUT2D eigenvalue weighted by atomic mass is 16.5. The second kappa shape index (κ2) is 10.4. The predicted molar refractivity (Wildman–Crippen MR) is 125 cm³/mol. The van der Waals surface area contributed by atoms with Gasteiger partial charge in [0.25, 0.3) is 5.91 Å². The molecule has 1 heterocycles. The molecule has 0 radical (unpaired) electrons. The summed E-state index contributed by atoms with van der Waals surface area (Å²) in [6, 6.07) is 27.9. The van der Waals surface area contributed by atoms with Gasteiger partial charge in [0.15, 0.2) is 12.0 Å². The Morgan fingerprint density at radius 3 is 2.12 bits per heavy atom. The lowest BCUT2D eigenvalue weighted by Crippen LogP contribution is -2.30. The summed E-state index contributed by atoms with van der Waals surface area (Å²) in [5.41, 5.74) is 2.27. The third-order valence-corrected chi connectivity index (χ3v) is 5.33. The molecular formula is C27H23NO5. The van der Waals surface area contributed by atoms with Gasteiger partial charge in [-0.15, -0.1) is 0 Å². The van der Waals surface area contributed by atoms with Crippen LogP contribution in [-0.2, 0) is 9.53 Å². The van der Waals surface area contributed by atoms with E-state index < -0.39 is 18.5 Å². The lowest BCUT2D eigenvalue weighted by Gasteiger charge is -2.18. The summed E-state index contributed by atoms with van der Waals surface area (Å²) in [5, 5.41) is 3.17. The number of benzene rings is 3. The number of esters is 1. The predicted octanol–water partition coefficient (Wildman–Crippen LogP) is 4.29. The number of hydrogen-bond donors (Lipinski definition) is 1. The molecule has 6 heteroatoms. The van der Waals surface area contributed by atoms with Crippen molar-refractivity contribution in [2.75, 3.05) is 13.2 Å². The number of hydrogen-bond acceptors (Lipinski definition) is 5. The van der Waals surface area contributed by atoms with Crippen molar-refractivity contribution in [3.8, 4) is 0 Å². The Morgan fingerprint density at radius 1 is 0.848 bits per heavy atom. The van der Waals surface area contributed by atoms with E-state index in [1.165, 1.54) is 0 Å². The third-order valence-electron chi connectivity index (χ3n) is 5.33. The van der Waals surface area contributed by atoms with Gasteiger partial charge in [-0.2, -0.15) is 0 Å². The van der Waals surface area contributed by atoms with Crippen molar-refractivity contribution in [1.29, 1.82) is 0 Å². The minimum Gasteiger partial charge on any atom is -0.450 e. The molecule has 166 valence electrons. The van der Waals surface area contributed by atoms with E-state index in [0.717, 1.165) is 17.2 Å². The second-order valence-corrected chi connectivity index (χ2v) is 7.56. The van der Waals surface area contributed by atoms with E-state index in [9.17, 15) is 14.4 Å². The van der Waals surface area contributed by atoms with E-state index >= 15 is 0 Å². The van der Waals surface area contributed by atoms with Crippen molar-refractivity contribution in [3.05, 3.63) is 118 Å². The second-order valence-electron chi connectivity index (χ2n) is 7.56. The summed E-state index contributed by atoms with van der Waals surface area (Å²) in [6.45, 7) is -0.0490. The molecule has 1 amide bonds. The van der Waals surface area contributed by atoms with Gasteiger partial charge in [0.05, 0.1) is 5.39 Å². The number of nitrogens with one attached hydrogen (secondary N) is 1. The first-order valence-electron chi connectivity index (χ1n) is 10.7. The van der Waals surface area contributed by atoms with Crippen LogP contribution >= 0.6 is 0 Å². The number of para-hydroxylation sites is 1. The molecule has 3 aromatic carbocycles. The molecule has 0 atom stereocenters. The Morgan fingerprint density at radius 2 is 1.45 bits per heavy atom. The SMILES string of the molecule is O=C(COC(=O)c1cc(=O)c2ccccc2o1)NCCC(c1ccccc1)c1ccccc1. The third kappa shape index (κ3) is 5.54. The molecule has 0 aliphatic heterocycles. The van der Waals surface area contributed by atoms with Crippen LogP contribution in [0.15, 0.2) is 100 Å². The average molecular weight is 441 g/mol. The molecule has 0 aliphatic carbocycles. The van der Waals surface area contributed by atoms with Gasteiger partial charge in [0.2, 0.25) is 5.76 Å². The van der Waals surface area contributed by atoms with Gasteiger partial charge < -0.3 is 14.5 Å². The smallest absolute Gasteiger partial charge is 0.374 e. The van der Waals surface area contributed by atoms with Gasteiger partial charge in [-0.1, -0.05) is 72.8 Å². The number of amides is 1. The van der Waals surface area contributed by atoms with Crippen LogP contribution in [0.3, 0.4) is 0 Å². The zero-order valence-electron chi connectivity index (χ0n) is 17.9. The first kappa shape index (κ1) is 22.0. The van der Waals surface area contributed by atoms with Gasteiger partial charge in [-0.25, -0.2) is 4.79 Å².